The molecule has 4 heteroatoms. The van der Waals surface area contributed by atoms with E-state index in [1.807, 2.05) is 13.0 Å². The molecule has 0 radical (unpaired) electrons. The van der Waals surface area contributed by atoms with E-state index in [1.54, 1.807) is 17.5 Å². The van der Waals surface area contributed by atoms with E-state index in [0.717, 1.165) is 17.8 Å². The SMILES string of the molecule is Cc1cc(N)cnc1NC(C)Cc1cccs1. The minimum Gasteiger partial charge on any atom is -0.397 e. The predicted molar refractivity (Wildman–Crippen MR) is 74.5 cm³/mol. The number of aryl methyl sites for hydroxylation is 1. The number of aromatic nitrogens is 1. The molecule has 0 aliphatic rings. The van der Waals surface area contributed by atoms with Gasteiger partial charge < -0.3 is 11.1 Å². The highest BCUT2D eigenvalue weighted by Crippen LogP contribution is 2.17. The summed E-state index contributed by atoms with van der Waals surface area (Å²) in [6.45, 7) is 4.18. The molecule has 3 nitrogen and oxygen atoms in total. The molecule has 0 amide bonds. The van der Waals surface area contributed by atoms with Crippen LogP contribution in [0, 0.1) is 6.92 Å². The highest BCUT2D eigenvalue weighted by molar-refractivity contribution is 7.09. The maximum absolute atomic E-state index is 5.68. The molecule has 2 rings (SSSR count). The van der Waals surface area contributed by atoms with Gasteiger partial charge in [-0.3, -0.25) is 0 Å². The Labute approximate surface area is 106 Å². The Hall–Kier alpha value is -1.55. The smallest absolute Gasteiger partial charge is 0.129 e. The van der Waals surface area contributed by atoms with Gasteiger partial charge in [-0.05, 0) is 36.9 Å². The van der Waals surface area contributed by atoms with E-state index in [4.69, 9.17) is 5.73 Å². The first-order valence-electron chi connectivity index (χ1n) is 5.66. The summed E-state index contributed by atoms with van der Waals surface area (Å²) in [5.74, 6) is 0.920. The molecule has 17 heavy (non-hydrogen) atoms. The fourth-order valence-electron chi connectivity index (χ4n) is 1.76. The van der Waals surface area contributed by atoms with Crippen LogP contribution in [0.15, 0.2) is 29.8 Å². The Morgan fingerprint density at radius 1 is 1.53 bits per heavy atom. The summed E-state index contributed by atoms with van der Waals surface area (Å²) in [5, 5.41) is 5.52. The summed E-state index contributed by atoms with van der Waals surface area (Å²) < 4.78 is 0. The number of thiophene rings is 1. The van der Waals surface area contributed by atoms with Gasteiger partial charge in [0.15, 0.2) is 0 Å². The number of nitrogens with two attached hydrogens (primary N) is 1. The maximum Gasteiger partial charge on any atom is 0.129 e. The van der Waals surface area contributed by atoms with Gasteiger partial charge in [0.25, 0.3) is 0 Å². The summed E-state index contributed by atoms with van der Waals surface area (Å²) in [6, 6.07) is 6.54. The van der Waals surface area contributed by atoms with Gasteiger partial charge in [0.1, 0.15) is 5.82 Å². The molecular formula is C13H17N3S. The first kappa shape index (κ1) is 11.9. The predicted octanol–water partition coefficient (Wildman–Crippen LogP) is 3.08. The topological polar surface area (TPSA) is 50.9 Å². The zero-order valence-electron chi connectivity index (χ0n) is 10.1. The molecule has 0 saturated heterocycles. The van der Waals surface area contributed by atoms with E-state index in [9.17, 15) is 0 Å². The van der Waals surface area contributed by atoms with Gasteiger partial charge in [-0.1, -0.05) is 6.07 Å². The van der Waals surface area contributed by atoms with Crippen LogP contribution in [-0.2, 0) is 6.42 Å². The minimum atomic E-state index is 0.364. The third kappa shape index (κ3) is 3.20. The molecule has 2 aromatic rings. The van der Waals surface area contributed by atoms with Crippen LogP contribution in [0.2, 0.25) is 0 Å². The molecule has 0 aliphatic heterocycles. The largest absolute Gasteiger partial charge is 0.397 e. The van der Waals surface area contributed by atoms with Crippen LogP contribution in [0.3, 0.4) is 0 Å². The number of pyridine rings is 1. The normalized spacial score (nSPS) is 12.4. The number of hydrogen-bond donors (Lipinski definition) is 2. The molecule has 0 spiro atoms. The van der Waals surface area contributed by atoms with Crippen molar-refractivity contribution in [1.29, 1.82) is 0 Å². The second-order valence-corrected chi connectivity index (χ2v) is 5.30. The van der Waals surface area contributed by atoms with Crippen LogP contribution in [0.4, 0.5) is 11.5 Å². The van der Waals surface area contributed by atoms with Crippen LogP contribution >= 0.6 is 11.3 Å². The van der Waals surface area contributed by atoms with Crippen LogP contribution in [-0.4, -0.2) is 11.0 Å². The zero-order chi connectivity index (χ0) is 12.3. The number of hydrogen-bond acceptors (Lipinski definition) is 4. The molecule has 0 bridgehead atoms. The summed E-state index contributed by atoms with van der Waals surface area (Å²) in [4.78, 5) is 5.70. The highest BCUT2D eigenvalue weighted by atomic mass is 32.1. The lowest BCUT2D eigenvalue weighted by atomic mass is 10.2. The third-order valence-corrected chi connectivity index (χ3v) is 3.47. The molecule has 0 fully saturated rings. The lowest BCUT2D eigenvalue weighted by Crippen LogP contribution is -2.19. The number of nitrogens with zero attached hydrogens (tertiary/aromatic N) is 1. The lowest BCUT2D eigenvalue weighted by molar-refractivity contribution is 0.793. The second-order valence-electron chi connectivity index (χ2n) is 4.26. The molecule has 0 aliphatic carbocycles. The van der Waals surface area contributed by atoms with Gasteiger partial charge in [-0.25, -0.2) is 4.98 Å². The van der Waals surface area contributed by atoms with Gasteiger partial charge in [0.2, 0.25) is 0 Å². The van der Waals surface area contributed by atoms with Crippen LogP contribution in [0.1, 0.15) is 17.4 Å². The summed E-state index contributed by atoms with van der Waals surface area (Å²) >= 11 is 1.79. The Morgan fingerprint density at radius 2 is 2.35 bits per heavy atom. The van der Waals surface area contributed by atoms with Crippen molar-refractivity contribution in [2.45, 2.75) is 26.3 Å². The van der Waals surface area contributed by atoms with Crippen molar-refractivity contribution in [1.82, 2.24) is 4.98 Å². The number of rotatable bonds is 4. The van der Waals surface area contributed by atoms with Crippen molar-refractivity contribution in [3.8, 4) is 0 Å². The Balaban J connectivity index is 2.00. The molecule has 2 aromatic heterocycles. The Kier molecular flexibility index (Phi) is 3.64. The monoisotopic (exact) mass is 247 g/mol. The van der Waals surface area contributed by atoms with Crippen molar-refractivity contribution < 1.29 is 0 Å². The van der Waals surface area contributed by atoms with Gasteiger partial charge in [-0.15, -0.1) is 11.3 Å². The highest BCUT2D eigenvalue weighted by Gasteiger charge is 2.07. The molecule has 1 atom stereocenters. The van der Waals surface area contributed by atoms with E-state index >= 15 is 0 Å². The van der Waals surface area contributed by atoms with Crippen molar-refractivity contribution in [3.05, 3.63) is 40.2 Å². The maximum atomic E-state index is 5.68. The lowest BCUT2D eigenvalue weighted by Gasteiger charge is -2.15. The minimum absolute atomic E-state index is 0.364. The van der Waals surface area contributed by atoms with E-state index in [1.165, 1.54) is 4.88 Å². The molecular weight excluding hydrogens is 230 g/mol. The molecule has 0 saturated carbocycles. The average Bonchev–Trinajstić information content (AvgIpc) is 2.75. The average molecular weight is 247 g/mol. The molecule has 1 unspecified atom stereocenters. The second kappa shape index (κ2) is 5.19. The van der Waals surface area contributed by atoms with Gasteiger partial charge in [-0.2, -0.15) is 0 Å². The standard InChI is InChI=1S/C13H17N3S/c1-9-6-11(14)8-15-13(9)16-10(2)7-12-4-3-5-17-12/h3-6,8,10H,7,14H2,1-2H3,(H,15,16). The van der Waals surface area contributed by atoms with E-state index in [2.05, 4.69) is 34.7 Å². The first-order valence-corrected chi connectivity index (χ1v) is 6.54. The number of nitrogen functional groups attached to an aromatic ring is 1. The van der Waals surface area contributed by atoms with E-state index in [-0.39, 0.29) is 0 Å². The van der Waals surface area contributed by atoms with E-state index < -0.39 is 0 Å². The number of nitrogens with one attached hydrogen (secondary N) is 1. The summed E-state index contributed by atoms with van der Waals surface area (Å²) in [5.41, 5.74) is 7.47. The quantitative estimate of drug-likeness (QED) is 0.873. The van der Waals surface area contributed by atoms with Gasteiger partial charge in [0.05, 0.1) is 11.9 Å². The van der Waals surface area contributed by atoms with Gasteiger partial charge >= 0.3 is 0 Å². The molecule has 0 aromatic carbocycles. The van der Waals surface area contributed by atoms with Crippen molar-refractivity contribution in [2.75, 3.05) is 11.1 Å². The third-order valence-electron chi connectivity index (χ3n) is 2.57. The summed E-state index contributed by atoms with van der Waals surface area (Å²) in [7, 11) is 0. The Bertz CT molecular complexity index is 479. The molecule has 3 N–H and O–H groups in total. The van der Waals surface area contributed by atoms with E-state index in [0.29, 0.717) is 11.7 Å². The molecule has 2 heterocycles. The molecule has 90 valence electrons. The van der Waals surface area contributed by atoms with Crippen LogP contribution < -0.4 is 11.1 Å². The number of anilines is 2. The van der Waals surface area contributed by atoms with Crippen molar-refractivity contribution in [3.63, 3.8) is 0 Å². The summed E-state index contributed by atoms with van der Waals surface area (Å²) in [6.07, 6.45) is 2.70. The van der Waals surface area contributed by atoms with Crippen LogP contribution in [0.25, 0.3) is 0 Å². The van der Waals surface area contributed by atoms with Crippen molar-refractivity contribution in [2.24, 2.45) is 0 Å². The van der Waals surface area contributed by atoms with Crippen LogP contribution in [0.5, 0.6) is 0 Å². The first-order chi connectivity index (χ1) is 8.15. The fourth-order valence-corrected chi connectivity index (χ4v) is 2.60. The fraction of sp³-hybridized carbons (Fsp3) is 0.308. The Morgan fingerprint density at radius 3 is 3.00 bits per heavy atom. The van der Waals surface area contributed by atoms with Gasteiger partial charge in [0, 0.05) is 17.3 Å². The zero-order valence-corrected chi connectivity index (χ0v) is 10.9. The van der Waals surface area contributed by atoms with Crippen molar-refractivity contribution >= 4 is 22.8 Å².